The van der Waals surface area contributed by atoms with Gasteiger partial charge in [0.15, 0.2) is 0 Å². The molecule has 3 rings (SSSR count). The molecule has 0 amide bonds. The Morgan fingerprint density at radius 2 is 1.43 bits per heavy atom. The lowest BCUT2D eigenvalue weighted by Crippen LogP contribution is -2.16. The fourth-order valence-corrected chi connectivity index (χ4v) is 4.81. The summed E-state index contributed by atoms with van der Waals surface area (Å²) in [5, 5.41) is 0. The molecule has 0 N–H and O–H groups in total. The van der Waals surface area contributed by atoms with E-state index in [4.69, 9.17) is 0 Å². The van der Waals surface area contributed by atoms with Gasteiger partial charge in [0.25, 0.3) is 0 Å². The van der Waals surface area contributed by atoms with E-state index in [-0.39, 0.29) is 17.6 Å². The Balaban J connectivity index is 1.73. The van der Waals surface area contributed by atoms with Crippen LogP contribution in [0.2, 0.25) is 0 Å². The molecule has 0 aliphatic heterocycles. The molecule has 0 atom stereocenters. The van der Waals surface area contributed by atoms with Crippen LogP contribution in [0.4, 0.5) is 8.78 Å². The van der Waals surface area contributed by atoms with Gasteiger partial charge in [-0.3, -0.25) is 0 Å². The molecule has 0 nitrogen and oxygen atoms in total. The molecule has 0 aromatic heterocycles. The highest BCUT2D eigenvalue weighted by Gasteiger charge is 2.27. The molecule has 0 radical (unpaired) electrons. The molecule has 1 aromatic rings. The first kappa shape index (κ1) is 16.9. The third-order valence-electron chi connectivity index (χ3n) is 6.13. The maximum Gasteiger partial charge on any atom is 0.129 e. The quantitative estimate of drug-likeness (QED) is 0.555. The van der Waals surface area contributed by atoms with Crippen LogP contribution in [0.25, 0.3) is 0 Å². The van der Waals surface area contributed by atoms with Crippen molar-refractivity contribution in [3.8, 4) is 0 Å². The van der Waals surface area contributed by atoms with E-state index in [0.29, 0.717) is 11.5 Å². The highest BCUT2D eigenvalue weighted by molar-refractivity contribution is 5.31. The lowest BCUT2D eigenvalue weighted by atomic mass is 9.76. The van der Waals surface area contributed by atoms with Gasteiger partial charge in [0, 0.05) is 5.56 Å². The second-order valence-electron chi connectivity index (χ2n) is 7.74. The molecule has 2 aliphatic carbocycles. The van der Waals surface area contributed by atoms with Crippen LogP contribution in [-0.4, -0.2) is 0 Å². The monoisotopic (exact) mass is 320 g/mol. The molecule has 0 bridgehead atoms. The summed E-state index contributed by atoms with van der Waals surface area (Å²) in [4.78, 5) is 0. The van der Waals surface area contributed by atoms with Gasteiger partial charge in [-0.2, -0.15) is 0 Å². The molecule has 2 aliphatic rings. The van der Waals surface area contributed by atoms with E-state index in [9.17, 15) is 8.78 Å². The number of benzene rings is 1. The zero-order valence-corrected chi connectivity index (χ0v) is 14.4. The fraction of sp³-hybridized carbons (Fsp3) is 0.714. The Morgan fingerprint density at radius 1 is 0.826 bits per heavy atom. The van der Waals surface area contributed by atoms with Crippen molar-refractivity contribution in [2.24, 2.45) is 5.92 Å². The van der Waals surface area contributed by atoms with Crippen LogP contribution in [0.1, 0.15) is 101 Å². The standard InChI is InChI=1S/C21H30F2/c1-2-6-15-9-11-17(12-10-15)21-19(22)13-18(14-20(21)23)16-7-4-3-5-8-16/h13-17H,2-12H2,1H3. The van der Waals surface area contributed by atoms with Crippen LogP contribution in [0.3, 0.4) is 0 Å². The Hall–Kier alpha value is -0.920. The van der Waals surface area contributed by atoms with Crippen LogP contribution in [0.5, 0.6) is 0 Å². The molecule has 23 heavy (non-hydrogen) atoms. The van der Waals surface area contributed by atoms with Crippen molar-refractivity contribution >= 4 is 0 Å². The summed E-state index contributed by atoms with van der Waals surface area (Å²) < 4.78 is 29.3. The second kappa shape index (κ2) is 7.77. The van der Waals surface area contributed by atoms with E-state index in [0.717, 1.165) is 50.0 Å². The van der Waals surface area contributed by atoms with Gasteiger partial charge < -0.3 is 0 Å². The number of hydrogen-bond donors (Lipinski definition) is 0. The molecule has 0 saturated heterocycles. The van der Waals surface area contributed by atoms with E-state index in [1.807, 2.05) is 0 Å². The predicted octanol–water partition coefficient (Wildman–Crippen LogP) is 7.09. The maximum atomic E-state index is 14.7. The van der Waals surface area contributed by atoms with E-state index in [1.165, 1.54) is 32.1 Å². The Kier molecular flexibility index (Phi) is 5.71. The predicted molar refractivity (Wildman–Crippen MR) is 91.8 cm³/mol. The van der Waals surface area contributed by atoms with Gasteiger partial charge >= 0.3 is 0 Å². The van der Waals surface area contributed by atoms with Crippen molar-refractivity contribution in [3.05, 3.63) is 34.9 Å². The Morgan fingerprint density at radius 3 is 2.00 bits per heavy atom. The number of halogens is 2. The van der Waals surface area contributed by atoms with Crippen molar-refractivity contribution in [1.82, 2.24) is 0 Å². The third-order valence-corrected chi connectivity index (χ3v) is 6.13. The summed E-state index contributed by atoms with van der Waals surface area (Å²) in [6.45, 7) is 2.22. The van der Waals surface area contributed by atoms with Crippen LogP contribution in [0.15, 0.2) is 12.1 Å². The van der Waals surface area contributed by atoms with E-state index in [2.05, 4.69) is 6.92 Å². The minimum Gasteiger partial charge on any atom is -0.207 e. The van der Waals surface area contributed by atoms with Gasteiger partial charge in [-0.1, -0.05) is 39.0 Å². The van der Waals surface area contributed by atoms with E-state index in [1.54, 1.807) is 12.1 Å². The van der Waals surface area contributed by atoms with Crippen molar-refractivity contribution in [1.29, 1.82) is 0 Å². The maximum absolute atomic E-state index is 14.7. The lowest BCUT2D eigenvalue weighted by Gasteiger charge is -2.29. The minimum absolute atomic E-state index is 0.0866. The second-order valence-corrected chi connectivity index (χ2v) is 7.74. The molecule has 0 heterocycles. The van der Waals surface area contributed by atoms with E-state index < -0.39 is 0 Å². The number of rotatable bonds is 4. The largest absolute Gasteiger partial charge is 0.207 e. The first-order valence-electron chi connectivity index (χ1n) is 9.67. The van der Waals surface area contributed by atoms with Crippen molar-refractivity contribution in [2.45, 2.75) is 89.4 Å². The van der Waals surface area contributed by atoms with Crippen molar-refractivity contribution in [3.63, 3.8) is 0 Å². The third kappa shape index (κ3) is 3.95. The summed E-state index contributed by atoms with van der Waals surface area (Å²) in [5.41, 5.74) is 1.27. The van der Waals surface area contributed by atoms with Crippen LogP contribution in [-0.2, 0) is 0 Å². The highest BCUT2D eigenvalue weighted by Crippen LogP contribution is 2.41. The van der Waals surface area contributed by atoms with Gasteiger partial charge in [0.05, 0.1) is 0 Å². The average Bonchev–Trinajstić information content (AvgIpc) is 2.57. The SMILES string of the molecule is CCCC1CCC(c2c(F)cc(C3CCCCC3)cc2F)CC1. The average molecular weight is 320 g/mol. The molecule has 0 unspecified atom stereocenters. The minimum atomic E-state index is -0.287. The summed E-state index contributed by atoms with van der Waals surface area (Å²) in [7, 11) is 0. The van der Waals surface area contributed by atoms with Gasteiger partial charge in [0.1, 0.15) is 11.6 Å². The van der Waals surface area contributed by atoms with Crippen molar-refractivity contribution in [2.75, 3.05) is 0 Å². The zero-order valence-electron chi connectivity index (χ0n) is 14.4. The smallest absolute Gasteiger partial charge is 0.129 e. The van der Waals surface area contributed by atoms with Crippen molar-refractivity contribution < 1.29 is 8.78 Å². The van der Waals surface area contributed by atoms with Crippen LogP contribution in [0, 0.1) is 17.6 Å². The fourth-order valence-electron chi connectivity index (χ4n) is 4.81. The molecule has 128 valence electrons. The zero-order chi connectivity index (χ0) is 16.2. The van der Waals surface area contributed by atoms with Crippen LogP contribution < -0.4 is 0 Å². The van der Waals surface area contributed by atoms with Gasteiger partial charge in [0.2, 0.25) is 0 Å². The Labute approximate surface area is 139 Å². The van der Waals surface area contributed by atoms with Gasteiger partial charge in [-0.25, -0.2) is 8.78 Å². The summed E-state index contributed by atoms with van der Waals surface area (Å²) >= 11 is 0. The lowest BCUT2D eigenvalue weighted by molar-refractivity contribution is 0.299. The molecule has 2 heteroatoms. The van der Waals surface area contributed by atoms with E-state index >= 15 is 0 Å². The number of hydrogen-bond acceptors (Lipinski definition) is 0. The first-order valence-corrected chi connectivity index (χ1v) is 9.67. The summed E-state index contributed by atoms with van der Waals surface area (Å²) in [6.07, 6.45) is 12.4. The van der Waals surface area contributed by atoms with Gasteiger partial charge in [-0.15, -0.1) is 0 Å². The molecule has 0 spiro atoms. The molecule has 2 fully saturated rings. The van der Waals surface area contributed by atoms with Gasteiger partial charge in [-0.05, 0) is 74.0 Å². The van der Waals surface area contributed by atoms with Crippen LogP contribution >= 0.6 is 0 Å². The topological polar surface area (TPSA) is 0 Å². The Bertz CT molecular complexity index is 486. The normalized spacial score (nSPS) is 26.4. The highest BCUT2D eigenvalue weighted by atomic mass is 19.1. The molecule has 1 aromatic carbocycles. The first-order chi connectivity index (χ1) is 11.2. The molecular weight excluding hydrogens is 290 g/mol. The molecular formula is C21H30F2. The summed E-state index contributed by atoms with van der Waals surface area (Å²) in [5.74, 6) is 0.642. The summed E-state index contributed by atoms with van der Waals surface area (Å²) in [6, 6.07) is 3.29. The molecule has 2 saturated carbocycles.